The second-order valence-corrected chi connectivity index (χ2v) is 11.8. The first kappa shape index (κ1) is 23.2. The van der Waals surface area contributed by atoms with Gasteiger partial charge in [-0.05, 0) is 94.7 Å². The third-order valence-electron chi connectivity index (χ3n) is 8.85. The van der Waals surface area contributed by atoms with Gasteiger partial charge in [-0.2, -0.15) is 10.1 Å². The Labute approximate surface area is 217 Å². The maximum absolute atomic E-state index is 13.5. The molecule has 1 unspecified atom stereocenters. The van der Waals surface area contributed by atoms with Gasteiger partial charge < -0.3 is 15.5 Å². The van der Waals surface area contributed by atoms with E-state index in [1.165, 1.54) is 50.8 Å². The zero-order valence-corrected chi connectivity index (χ0v) is 21.5. The Hall–Kier alpha value is -2.94. The summed E-state index contributed by atoms with van der Waals surface area (Å²) in [6, 6.07) is 6.58. The monoisotopic (exact) mass is 502 g/mol. The van der Waals surface area contributed by atoms with Gasteiger partial charge in [0.25, 0.3) is 0 Å². The van der Waals surface area contributed by atoms with E-state index < -0.39 is 0 Å². The number of hydrogen-bond donors (Lipinski definition) is 3. The highest BCUT2D eigenvalue weighted by Crippen LogP contribution is 2.40. The molecule has 0 bridgehead atoms. The van der Waals surface area contributed by atoms with E-state index in [9.17, 15) is 4.79 Å². The van der Waals surface area contributed by atoms with Gasteiger partial charge in [0.15, 0.2) is 17.4 Å². The molecular weight excluding hydrogens is 464 g/mol. The van der Waals surface area contributed by atoms with Crippen molar-refractivity contribution < 1.29 is 4.79 Å². The molecule has 3 N–H and O–H groups in total. The second-order valence-electron chi connectivity index (χ2n) is 11.8. The van der Waals surface area contributed by atoms with Gasteiger partial charge >= 0.3 is 0 Å². The van der Waals surface area contributed by atoms with Crippen molar-refractivity contribution in [3.63, 3.8) is 0 Å². The van der Waals surface area contributed by atoms with Crippen LogP contribution in [-0.2, 0) is 4.79 Å². The molecular formula is C28H38N8O. The van der Waals surface area contributed by atoms with Crippen LogP contribution >= 0.6 is 0 Å². The number of carbonyl (C=O) groups is 1. The molecule has 0 aromatic carbocycles. The van der Waals surface area contributed by atoms with Crippen LogP contribution < -0.4 is 15.5 Å². The first-order valence-electron chi connectivity index (χ1n) is 14.4. The van der Waals surface area contributed by atoms with E-state index in [2.05, 4.69) is 31.8 Å². The Balaban J connectivity index is 1.03. The molecule has 4 fully saturated rings. The number of Topliss-reactive ketones (excluding diaryl/α,β-unsaturated/α-hetero) is 1. The number of carbonyl (C=O) groups excluding carboxylic acids is 1. The zero-order chi connectivity index (χ0) is 24.8. The van der Waals surface area contributed by atoms with Crippen molar-refractivity contribution in [3.05, 3.63) is 30.1 Å². The number of rotatable bonds is 10. The molecule has 37 heavy (non-hydrogen) atoms. The van der Waals surface area contributed by atoms with Gasteiger partial charge in [0.2, 0.25) is 5.95 Å². The van der Waals surface area contributed by atoms with Gasteiger partial charge in [-0.15, -0.1) is 5.10 Å². The van der Waals surface area contributed by atoms with Crippen molar-refractivity contribution in [2.24, 2.45) is 11.8 Å². The third-order valence-corrected chi connectivity index (χ3v) is 8.85. The normalized spacial score (nSPS) is 26.2. The van der Waals surface area contributed by atoms with Crippen LogP contribution in [0.4, 0.5) is 17.6 Å². The average molecular weight is 503 g/mol. The minimum Gasteiger partial charge on any atom is -0.329 e. The maximum atomic E-state index is 13.5. The highest BCUT2D eigenvalue weighted by Gasteiger charge is 2.35. The predicted molar refractivity (Wildman–Crippen MR) is 143 cm³/mol. The number of aromatic nitrogens is 5. The van der Waals surface area contributed by atoms with E-state index in [1.807, 2.05) is 22.8 Å². The van der Waals surface area contributed by atoms with Crippen LogP contribution in [0.5, 0.6) is 0 Å². The van der Waals surface area contributed by atoms with Crippen LogP contribution in [0.1, 0.15) is 82.2 Å². The van der Waals surface area contributed by atoms with Crippen molar-refractivity contribution >= 4 is 28.9 Å². The van der Waals surface area contributed by atoms with Crippen molar-refractivity contribution in [1.82, 2.24) is 30.1 Å². The average Bonchev–Trinajstić information content (AvgIpc) is 3.76. The minimum atomic E-state index is -0.126. The van der Waals surface area contributed by atoms with Gasteiger partial charge in [0, 0.05) is 42.9 Å². The summed E-state index contributed by atoms with van der Waals surface area (Å²) in [5.41, 5.74) is 2.08. The Morgan fingerprint density at radius 3 is 2.70 bits per heavy atom. The van der Waals surface area contributed by atoms with Gasteiger partial charge in [0.05, 0.1) is 6.04 Å². The summed E-state index contributed by atoms with van der Waals surface area (Å²) in [6.07, 6.45) is 14.5. The summed E-state index contributed by atoms with van der Waals surface area (Å²) >= 11 is 0. The van der Waals surface area contributed by atoms with Gasteiger partial charge in [-0.25, -0.2) is 4.52 Å². The first-order valence-corrected chi connectivity index (χ1v) is 14.4. The number of nitrogens with one attached hydrogen (secondary N) is 3. The van der Waals surface area contributed by atoms with Gasteiger partial charge in [0.1, 0.15) is 5.52 Å². The van der Waals surface area contributed by atoms with Crippen molar-refractivity contribution in [3.8, 4) is 0 Å². The molecule has 3 aromatic heterocycles. The molecule has 0 spiro atoms. The van der Waals surface area contributed by atoms with Crippen molar-refractivity contribution in [1.29, 1.82) is 0 Å². The van der Waals surface area contributed by atoms with E-state index in [0.717, 1.165) is 55.3 Å². The molecule has 4 aliphatic rings. The topological polar surface area (TPSA) is 103 Å². The molecule has 3 saturated carbocycles. The van der Waals surface area contributed by atoms with Crippen LogP contribution in [0.25, 0.3) is 5.52 Å². The Bertz CT molecular complexity index is 1250. The number of fused-ring (bicyclic) bond motifs is 1. The van der Waals surface area contributed by atoms with Crippen molar-refractivity contribution in [2.45, 2.75) is 88.6 Å². The molecule has 1 saturated heterocycles. The summed E-state index contributed by atoms with van der Waals surface area (Å²) in [6.45, 7) is 2.00. The van der Waals surface area contributed by atoms with E-state index in [-0.39, 0.29) is 6.04 Å². The summed E-state index contributed by atoms with van der Waals surface area (Å²) in [5, 5.41) is 19.6. The summed E-state index contributed by atoms with van der Waals surface area (Å²) < 4.78 is 1.86. The Morgan fingerprint density at radius 2 is 1.89 bits per heavy atom. The molecule has 1 atom stereocenters. The highest BCUT2D eigenvalue weighted by molar-refractivity contribution is 5.87. The van der Waals surface area contributed by atoms with Crippen molar-refractivity contribution in [2.75, 3.05) is 23.3 Å². The molecule has 3 aliphatic carbocycles. The van der Waals surface area contributed by atoms with E-state index in [1.54, 1.807) is 0 Å². The minimum absolute atomic E-state index is 0.126. The molecule has 1 aliphatic heterocycles. The third kappa shape index (κ3) is 5.10. The Morgan fingerprint density at radius 1 is 1.05 bits per heavy atom. The number of anilines is 3. The zero-order valence-electron chi connectivity index (χ0n) is 21.5. The lowest BCUT2D eigenvalue weighted by Gasteiger charge is -2.30. The molecule has 9 nitrogen and oxygen atoms in total. The largest absolute Gasteiger partial charge is 0.329 e. The second kappa shape index (κ2) is 9.74. The number of ketones is 1. The molecule has 4 heterocycles. The molecule has 0 radical (unpaired) electrons. The molecule has 7 rings (SSSR count). The lowest BCUT2D eigenvalue weighted by atomic mass is 9.82. The first-order chi connectivity index (χ1) is 18.2. The SMILES string of the molecule is O=C(CC1CCC(NCC2CC2)CC1)C1CCCN1c1nc(Nc2cc(C3CC3)[nH]n2)c2cccn2n1. The van der Waals surface area contributed by atoms with Gasteiger partial charge in [-0.1, -0.05) is 0 Å². The number of hydrogen-bond acceptors (Lipinski definition) is 7. The van der Waals surface area contributed by atoms with Crippen LogP contribution in [0.2, 0.25) is 0 Å². The van der Waals surface area contributed by atoms with E-state index in [4.69, 9.17) is 10.1 Å². The quantitative estimate of drug-likeness (QED) is 0.373. The standard InChI is InChI=1S/C28H38N8O/c37-25(15-18-7-11-21(12-8-18)29-17-19-5-6-19)23-3-1-13-35(23)28-31-27(24-4-2-14-36(24)34-28)30-26-16-22(32-33-26)20-9-10-20/h2,4,14,16,18-21,23,29H,1,3,5-13,15,17H2,(H2,30,31,32,33,34). The number of H-pyrrole nitrogens is 1. The highest BCUT2D eigenvalue weighted by atomic mass is 16.1. The Kier molecular flexibility index (Phi) is 6.11. The predicted octanol–water partition coefficient (Wildman–Crippen LogP) is 4.56. The van der Waals surface area contributed by atoms with Crippen LogP contribution in [0.3, 0.4) is 0 Å². The molecule has 0 amide bonds. The molecule has 9 heteroatoms. The maximum Gasteiger partial charge on any atom is 0.246 e. The fraction of sp³-hybridized carbons (Fsp3) is 0.643. The lowest BCUT2D eigenvalue weighted by molar-refractivity contribution is -0.121. The number of aromatic amines is 1. The summed E-state index contributed by atoms with van der Waals surface area (Å²) in [7, 11) is 0. The van der Waals surface area contributed by atoms with E-state index >= 15 is 0 Å². The van der Waals surface area contributed by atoms with Crippen LogP contribution in [0.15, 0.2) is 24.4 Å². The summed E-state index contributed by atoms with van der Waals surface area (Å²) in [5.74, 6) is 4.52. The molecule has 196 valence electrons. The number of nitrogens with zero attached hydrogens (tertiary/aromatic N) is 5. The lowest BCUT2D eigenvalue weighted by Crippen LogP contribution is -2.39. The summed E-state index contributed by atoms with van der Waals surface area (Å²) in [4.78, 5) is 20.6. The fourth-order valence-electron chi connectivity index (χ4n) is 6.25. The van der Waals surface area contributed by atoms with Crippen LogP contribution in [0, 0.1) is 11.8 Å². The van der Waals surface area contributed by atoms with E-state index in [0.29, 0.717) is 36.0 Å². The molecule has 3 aromatic rings. The fourth-order valence-corrected chi connectivity index (χ4v) is 6.25. The van der Waals surface area contributed by atoms with Crippen LogP contribution in [-0.4, -0.2) is 55.8 Å². The van der Waals surface area contributed by atoms with Gasteiger partial charge in [-0.3, -0.25) is 9.89 Å². The smallest absolute Gasteiger partial charge is 0.246 e.